The smallest absolute Gasteiger partial charge is 0.303 e. The van der Waals surface area contributed by atoms with E-state index in [-0.39, 0.29) is 30.2 Å². The van der Waals surface area contributed by atoms with Crippen molar-refractivity contribution in [1.82, 2.24) is 10.2 Å². The molecule has 0 aromatic heterocycles. The van der Waals surface area contributed by atoms with Crippen LogP contribution in [-0.4, -0.2) is 47.1 Å². The molecule has 116 valence electrons. The zero-order valence-electron chi connectivity index (χ0n) is 13.1. The summed E-state index contributed by atoms with van der Waals surface area (Å²) in [5, 5.41) is 12.1. The van der Waals surface area contributed by atoms with Crippen molar-refractivity contribution in [1.29, 1.82) is 0 Å². The molecule has 1 aliphatic heterocycles. The number of piperidine rings is 1. The molecule has 0 saturated carbocycles. The summed E-state index contributed by atoms with van der Waals surface area (Å²) in [5.74, 6) is -0.621. The molecule has 0 aromatic rings. The Morgan fingerprint density at radius 1 is 1.30 bits per heavy atom. The third-order valence-electron chi connectivity index (χ3n) is 4.11. The first-order valence-corrected chi connectivity index (χ1v) is 7.59. The standard InChI is InChI=1S/C15H28N2O3/c1-5-11(4)17-8-12(7-14(18)19)6-13(9-17)16-15(20)10(2)3/h10-13H,5-9H2,1-4H3,(H,16,20)(H,18,19). The minimum absolute atomic E-state index is 0.0353. The average Bonchev–Trinajstić information content (AvgIpc) is 2.36. The molecule has 1 fully saturated rings. The summed E-state index contributed by atoms with van der Waals surface area (Å²) < 4.78 is 0. The van der Waals surface area contributed by atoms with Crippen LogP contribution in [0.4, 0.5) is 0 Å². The van der Waals surface area contributed by atoms with Gasteiger partial charge in [-0.3, -0.25) is 14.5 Å². The molecule has 0 bridgehead atoms. The number of carboxylic acids is 1. The molecule has 1 saturated heterocycles. The van der Waals surface area contributed by atoms with Gasteiger partial charge in [-0.2, -0.15) is 0 Å². The van der Waals surface area contributed by atoms with E-state index in [0.29, 0.717) is 6.04 Å². The molecule has 1 amide bonds. The molecule has 20 heavy (non-hydrogen) atoms. The number of nitrogens with zero attached hydrogens (tertiary/aromatic N) is 1. The molecule has 5 heteroatoms. The molecule has 1 rings (SSSR count). The monoisotopic (exact) mass is 284 g/mol. The Morgan fingerprint density at radius 3 is 2.45 bits per heavy atom. The molecule has 0 aromatic carbocycles. The molecule has 0 aliphatic carbocycles. The lowest BCUT2D eigenvalue weighted by molar-refractivity contribution is -0.138. The number of carbonyl (C=O) groups excluding carboxylic acids is 1. The lowest BCUT2D eigenvalue weighted by Gasteiger charge is -2.40. The second kappa shape index (κ2) is 7.62. The predicted molar refractivity (Wildman–Crippen MR) is 78.5 cm³/mol. The van der Waals surface area contributed by atoms with E-state index in [9.17, 15) is 9.59 Å². The van der Waals surface area contributed by atoms with Crippen molar-refractivity contribution < 1.29 is 14.7 Å². The second-order valence-corrected chi connectivity index (χ2v) is 6.27. The van der Waals surface area contributed by atoms with Crippen LogP contribution in [0.3, 0.4) is 0 Å². The van der Waals surface area contributed by atoms with Gasteiger partial charge in [0.1, 0.15) is 0 Å². The third-order valence-corrected chi connectivity index (χ3v) is 4.11. The molecule has 0 radical (unpaired) electrons. The van der Waals surface area contributed by atoms with E-state index in [2.05, 4.69) is 24.1 Å². The highest BCUT2D eigenvalue weighted by Gasteiger charge is 2.31. The van der Waals surface area contributed by atoms with E-state index < -0.39 is 5.97 Å². The molecular formula is C15H28N2O3. The number of carbonyl (C=O) groups is 2. The van der Waals surface area contributed by atoms with Crippen molar-refractivity contribution in [2.24, 2.45) is 11.8 Å². The fraction of sp³-hybridized carbons (Fsp3) is 0.867. The third kappa shape index (κ3) is 5.12. The number of hydrogen-bond acceptors (Lipinski definition) is 3. The Hall–Kier alpha value is -1.10. The van der Waals surface area contributed by atoms with Gasteiger partial charge < -0.3 is 10.4 Å². The van der Waals surface area contributed by atoms with Gasteiger partial charge >= 0.3 is 5.97 Å². The average molecular weight is 284 g/mol. The van der Waals surface area contributed by atoms with Crippen LogP contribution in [0.5, 0.6) is 0 Å². The van der Waals surface area contributed by atoms with Crippen molar-refractivity contribution in [3.63, 3.8) is 0 Å². The van der Waals surface area contributed by atoms with Gasteiger partial charge in [-0.25, -0.2) is 0 Å². The minimum atomic E-state index is -0.755. The van der Waals surface area contributed by atoms with Crippen LogP contribution in [0.15, 0.2) is 0 Å². The number of amides is 1. The van der Waals surface area contributed by atoms with E-state index in [4.69, 9.17) is 5.11 Å². The van der Waals surface area contributed by atoms with Gasteiger partial charge in [0, 0.05) is 37.5 Å². The maximum Gasteiger partial charge on any atom is 0.303 e. The topological polar surface area (TPSA) is 69.6 Å². The lowest BCUT2D eigenvalue weighted by Crippen LogP contribution is -2.54. The maximum absolute atomic E-state index is 11.8. The van der Waals surface area contributed by atoms with Gasteiger partial charge in [-0.1, -0.05) is 20.8 Å². The van der Waals surface area contributed by atoms with E-state index in [1.165, 1.54) is 0 Å². The highest BCUT2D eigenvalue weighted by molar-refractivity contribution is 5.78. The molecule has 1 aliphatic rings. The normalized spacial score (nSPS) is 25.4. The summed E-state index contributed by atoms with van der Waals surface area (Å²) in [4.78, 5) is 25.1. The predicted octanol–water partition coefficient (Wildman–Crippen LogP) is 1.72. The van der Waals surface area contributed by atoms with Gasteiger partial charge in [-0.15, -0.1) is 0 Å². The first-order valence-electron chi connectivity index (χ1n) is 7.59. The van der Waals surface area contributed by atoms with Crippen molar-refractivity contribution in [3.05, 3.63) is 0 Å². The summed E-state index contributed by atoms with van der Waals surface area (Å²) in [5.41, 5.74) is 0. The Morgan fingerprint density at radius 2 is 1.95 bits per heavy atom. The largest absolute Gasteiger partial charge is 0.481 e. The first-order chi connectivity index (χ1) is 9.33. The maximum atomic E-state index is 11.8. The summed E-state index contributed by atoms with van der Waals surface area (Å²) in [6.07, 6.45) is 1.98. The summed E-state index contributed by atoms with van der Waals surface area (Å²) >= 11 is 0. The van der Waals surface area contributed by atoms with Crippen LogP contribution < -0.4 is 5.32 Å². The van der Waals surface area contributed by atoms with Gasteiger partial charge in [-0.05, 0) is 25.7 Å². The quantitative estimate of drug-likeness (QED) is 0.779. The summed E-state index contributed by atoms with van der Waals surface area (Å²) in [6, 6.07) is 0.488. The Kier molecular flexibility index (Phi) is 6.46. The molecular weight excluding hydrogens is 256 g/mol. The number of carboxylic acid groups (broad SMARTS) is 1. The highest BCUT2D eigenvalue weighted by Crippen LogP contribution is 2.23. The van der Waals surface area contributed by atoms with Crippen LogP contribution >= 0.6 is 0 Å². The van der Waals surface area contributed by atoms with E-state index in [1.54, 1.807) is 0 Å². The first kappa shape index (κ1) is 17.0. The van der Waals surface area contributed by atoms with Crippen LogP contribution in [0.1, 0.15) is 47.0 Å². The van der Waals surface area contributed by atoms with Crippen molar-refractivity contribution in [2.45, 2.75) is 59.0 Å². The number of aliphatic carboxylic acids is 1. The summed E-state index contributed by atoms with van der Waals surface area (Å²) in [6.45, 7) is 9.68. The van der Waals surface area contributed by atoms with Crippen LogP contribution in [0.2, 0.25) is 0 Å². The Labute approximate surface area is 121 Å². The van der Waals surface area contributed by atoms with Crippen LogP contribution in [-0.2, 0) is 9.59 Å². The molecule has 5 nitrogen and oxygen atoms in total. The zero-order chi connectivity index (χ0) is 15.3. The van der Waals surface area contributed by atoms with E-state index in [0.717, 1.165) is 25.9 Å². The fourth-order valence-corrected chi connectivity index (χ4v) is 2.73. The summed E-state index contributed by atoms with van der Waals surface area (Å²) in [7, 11) is 0. The fourth-order valence-electron chi connectivity index (χ4n) is 2.73. The van der Waals surface area contributed by atoms with Gasteiger partial charge in [0.15, 0.2) is 0 Å². The second-order valence-electron chi connectivity index (χ2n) is 6.27. The van der Waals surface area contributed by atoms with Crippen molar-refractivity contribution in [3.8, 4) is 0 Å². The van der Waals surface area contributed by atoms with E-state index in [1.807, 2.05) is 13.8 Å². The van der Waals surface area contributed by atoms with Crippen LogP contribution in [0.25, 0.3) is 0 Å². The lowest BCUT2D eigenvalue weighted by atomic mass is 9.90. The number of rotatable bonds is 6. The number of hydrogen-bond donors (Lipinski definition) is 2. The highest BCUT2D eigenvalue weighted by atomic mass is 16.4. The van der Waals surface area contributed by atoms with Crippen LogP contribution in [0, 0.1) is 11.8 Å². The number of likely N-dealkylation sites (tertiary alicyclic amines) is 1. The Balaban J connectivity index is 2.68. The molecule has 2 N–H and O–H groups in total. The van der Waals surface area contributed by atoms with Gasteiger partial charge in [0.05, 0.1) is 0 Å². The number of nitrogens with one attached hydrogen (secondary N) is 1. The molecule has 3 unspecified atom stereocenters. The Bertz CT molecular complexity index is 344. The van der Waals surface area contributed by atoms with Crippen molar-refractivity contribution >= 4 is 11.9 Å². The molecule has 1 heterocycles. The molecule has 0 spiro atoms. The zero-order valence-corrected chi connectivity index (χ0v) is 13.1. The van der Waals surface area contributed by atoms with Gasteiger partial charge in [0.25, 0.3) is 0 Å². The molecule has 3 atom stereocenters. The minimum Gasteiger partial charge on any atom is -0.481 e. The van der Waals surface area contributed by atoms with E-state index >= 15 is 0 Å². The SMILES string of the molecule is CCC(C)N1CC(CC(=O)O)CC(NC(=O)C(C)C)C1. The van der Waals surface area contributed by atoms with Gasteiger partial charge in [0.2, 0.25) is 5.91 Å². The van der Waals surface area contributed by atoms with Crippen molar-refractivity contribution in [2.75, 3.05) is 13.1 Å².